The number of hydrogen-bond acceptors (Lipinski definition) is 4. The van der Waals surface area contributed by atoms with Gasteiger partial charge in [-0.15, -0.1) is 0 Å². The van der Waals surface area contributed by atoms with Crippen LogP contribution in [-0.4, -0.2) is 30.4 Å². The zero-order valence-electron chi connectivity index (χ0n) is 12.9. The fraction of sp³-hybridized carbons (Fsp3) is 0.667. The molecule has 0 atom stereocenters. The Bertz CT molecular complexity index is 510. The molecule has 0 bridgehead atoms. The molecule has 0 N–H and O–H groups in total. The molecule has 2 heterocycles. The van der Waals surface area contributed by atoms with Crippen molar-refractivity contribution in [2.45, 2.75) is 57.7 Å². The van der Waals surface area contributed by atoms with E-state index in [2.05, 4.69) is 32.7 Å². The Kier molecular flexibility index (Phi) is 3.10. The quantitative estimate of drug-likeness (QED) is 0.793. The Labute approximate surface area is 121 Å². The number of pyridine rings is 1. The van der Waals surface area contributed by atoms with Gasteiger partial charge in [0.1, 0.15) is 5.75 Å². The Morgan fingerprint density at radius 1 is 1.20 bits per heavy atom. The van der Waals surface area contributed by atoms with Crippen LogP contribution in [0.4, 0.5) is 0 Å². The van der Waals surface area contributed by atoms with Crippen molar-refractivity contribution in [1.82, 2.24) is 4.98 Å². The molecule has 108 valence electrons. The van der Waals surface area contributed by atoms with Gasteiger partial charge in [-0.1, -0.05) is 0 Å². The molecule has 1 aromatic rings. The molecule has 0 radical (unpaired) electrons. The summed E-state index contributed by atoms with van der Waals surface area (Å²) in [6.45, 7) is 8.27. The fourth-order valence-corrected chi connectivity index (χ4v) is 2.44. The number of methoxy groups -OCH3 is 1. The van der Waals surface area contributed by atoms with Crippen LogP contribution in [-0.2, 0) is 9.31 Å². The summed E-state index contributed by atoms with van der Waals surface area (Å²) in [6.07, 6.45) is 4.18. The first kappa shape index (κ1) is 13.9. The van der Waals surface area contributed by atoms with Gasteiger partial charge in [0.15, 0.2) is 0 Å². The summed E-state index contributed by atoms with van der Waals surface area (Å²) >= 11 is 0. The van der Waals surface area contributed by atoms with Crippen LogP contribution in [0.1, 0.15) is 52.1 Å². The van der Waals surface area contributed by atoms with Crippen molar-refractivity contribution in [2.75, 3.05) is 7.11 Å². The van der Waals surface area contributed by atoms with Crippen molar-refractivity contribution in [1.29, 1.82) is 0 Å². The predicted octanol–water partition coefficient (Wildman–Crippen LogP) is 2.27. The molecular formula is C15H22BNO3. The van der Waals surface area contributed by atoms with Gasteiger partial charge in [-0.3, -0.25) is 4.98 Å². The maximum atomic E-state index is 6.15. The van der Waals surface area contributed by atoms with Crippen molar-refractivity contribution in [3.8, 4) is 5.75 Å². The maximum Gasteiger partial charge on any atom is 0.496 e. The second kappa shape index (κ2) is 4.47. The molecule has 1 aliphatic carbocycles. The topological polar surface area (TPSA) is 40.6 Å². The van der Waals surface area contributed by atoms with Gasteiger partial charge in [-0.25, -0.2) is 0 Å². The first-order valence-corrected chi connectivity index (χ1v) is 7.23. The minimum atomic E-state index is -0.363. The Morgan fingerprint density at radius 3 is 2.30 bits per heavy atom. The zero-order chi connectivity index (χ0) is 14.5. The molecule has 1 aliphatic heterocycles. The lowest BCUT2D eigenvalue weighted by atomic mass is 9.76. The normalized spacial score (nSPS) is 23.9. The number of ether oxygens (including phenoxy) is 1. The van der Waals surface area contributed by atoms with Crippen molar-refractivity contribution < 1.29 is 14.0 Å². The zero-order valence-corrected chi connectivity index (χ0v) is 12.9. The average molecular weight is 275 g/mol. The van der Waals surface area contributed by atoms with E-state index in [4.69, 9.17) is 14.0 Å². The van der Waals surface area contributed by atoms with Crippen LogP contribution in [0.3, 0.4) is 0 Å². The fourth-order valence-electron chi connectivity index (χ4n) is 2.44. The summed E-state index contributed by atoms with van der Waals surface area (Å²) in [5, 5.41) is 0. The lowest BCUT2D eigenvalue weighted by Gasteiger charge is -2.32. The summed E-state index contributed by atoms with van der Waals surface area (Å²) in [5.74, 6) is 1.30. The molecule has 2 aliphatic rings. The minimum absolute atomic E-state index is 0.332. The Balaban J connectivity index is 1.97. The standard InChI is InChI=1S/C15H22BNO3/c1-14(2)15(3,4)20-16(19-14)12-8-11(18-5)9-17-13(12)10-6-7-10/h8-10H,6-7H2,1-5H3. The van der Waals surface area contributed by atoms with Crippen LogP contribution in [0.2, 0.25) is 0 Å². The van der Waals surface area contributed by atoms with Crippen LogP contribution in [0.5, 0.6) is 5.75 Å². The molecule has 1 aromatic heterocycles. The van der Waals surface area contributed by atoms with Gasteiger partial charge < -0.3 is 14.0 Å². The van der Waals surface area contributed by atoms with Gasteiger partial charge in [-0.05, 0) is 46.6 Å². The first-order valence-electron chi connectivity index (χ1n) is 7.23. The van der Waals surface area contributed by atoms with Crippen molar-refractivity contribution in [3.63, 3.8) is 0 Å². The highest BCUT2D eigenvalue weighted by atomic mass is 16.7. The van der Waals surface area contributed by atoms with E-state index in [0.29, 0.717) is 5.92 Å². The van der Waals surface area contributed by atoms with Crippen LogP contribution >= 0.6 is 0 Å². The average Bonchev–Trinajstić information content (AvgIpc) is 3.17. The highest BCUT2D eigenvalue weighted by Crippen LogP contribution is 2.41. The van der Waals surface area contributed by atoms with Crippen LogP contribution in [0, 0.1) is 0 Å². The largest absolute Gasteiger partial charge is 0.496 e. The molecule has 1 saturated heterocycles. The lowest BCUT2D eigenvalue weighted by molar-refractivity contribution is 0.00578. The second-order valence-corrected chi connectivity index (χ2v) is 6.71. The van der Waals surface area contributed by atoms with Crippen LogP contribution < -0.4 is 10.2 Å². The van der Waals surface area contributed by atoms with Gasteiger partial charge in [0, 0.05) is 17.1 Å². The van der Waals surface area contributed by atoms with Gasteiger partial charge in [-0.2, -0.15) is 0 Å². The van der Waals surface area contributed by atoms with Gasteiger partial charge in [0.2, 0.25) is 0 Å². The van der Waals surface area contributed by atoms with Crippen LogP contribution in [0.15, 0.2) is 12.3 Å². The molecule has 0 unspecified atom stereocenters. The van der Waals surface area contributed by atoms with Crippen molar-refractivity contribution in [2.24, 2.45) is 0 Å². The Morgan fingerprint density at radius 2 is 1.80 bits per heavy atom. The number of rotatable bonds is 3. The second-order valence-electron chi connectivity index (χ2n) is 6.71. The van der Waals surface area contributed by atoms with E-state index in [1.165, 1.54) is 12.8 Å². The number of hydrogen-bond donors (Lipinski definition) is 0. The highest BCUT2D eigenvalue weighted by molar-refractivity contribution is 6.62. The minimum Gasteiger partial charge on any atom is -0.495 e. The molecule has 2 fully saturated rings. The summed E-state index contributed by atoms with van der Waals surface area (Å²) in [6, 6.07) is 2.00. The molecule has 0 aromatic carbocycles. The third kappa shape index (κ3) is 2.23. The van der Waals surface area contributed by atoms with Crippen molar-refractivity contribution >= 4 is 12.6 Å². The van der Waals surface area contributed by atoms with E-state index in [9.17, 15) is 0 Å². The highest BCUT2D eigenvalue weighted by Gasteiger charge is 2.53. The van der Waals surface area contributed by atoms with Crippen LogP contribution in [0.25, 0.3) is 0 Å². The van der Waals surface area contributed by atoms with E-state index in [1.807, 2.05) is 6.07 Å². The molecule has 3 rings (SSSR count). The molecule has 0 amide bonds. The first-order chi connectivity index (χ1) is 9.34. The molecular weight excluding hydrogens is 253 g/mol. The smallest absolute Gasteiger partial charge is 0.495 e. The molecule has 0 spiro atoms. The van der Waals surface area contributed by atoms with E-state index in [1.54, 1.807) is 13.3 Å². The maximum absolute atomic E-state index is 6.15. The number of aromatic nitrogens is 1. The molecule has 5 heteroatoms. The van der Waals surface area contributed by atoms with E-state index < -0.39 is 0 Å². The SMILES string of the molecule is COc1cnc(C2CC2)c(B2OC(C)(C)C(C)(C)O2)c1. The number of nitrogens with zero attached hydrogens (tertiary/aromatic N) is 1. The molecule has 1 saturated carbocycles. The van der Waals surface area contributed by atoms with E-state index in [-0.39, 0.29) is 18.3 Å². The summed E-state index contributed by atoms with van der Waals surface area (Å²) in [4.78, 5) is 4.57. The van der Waals surface area contributed by atoms with Gasteiger partial charge in [0.25, 0.3) is 0 Å². The molecule has 20 heavy (non-hydrogen) atoms. The van der Waals surface area contributed by atoms with Gasteiger partial charge in [0.05, 0.1) is 24.5 Å². The summed E-state index contributed by atoms with van der Waals surface area (Å²) in [7, 11) is 1.29. The predicted molar refractivity (Wildman–Crippen MR) is 78.5 cm³/mol. The Hall–Kier alpha value is -1.07. The van der Waals surface area contributed by atoms with Crippen molar-refractivity contribution in [3.05, 3.63) is 18.0 Å². The third-order valence-electron chi connectivity index (χ3n) is 4.63. The van der Waals surface area contributed by atoms with E-state index in [0.717, 1.165) is 16.9 Å². The lowest BCUT2D eigenvalue weighted by Crippen LogP contribution is -2.41. The third-order valence-corrected chi connectivity index (χ3v) is 4.63. The van der Waals surface area contributed by atoms with Gasteiger partial charge >= 0.3 is 7.12 Å². The summed E-state index contributed by atoms with van der Waals surface area (Å²) < 4.78 is 17.6. The molecule has 4 nitrogen and oxygen atoms in total. The monoisotopic (exact) mass is 275 g/mol. The van der Waals surface area contributed by atoms with E-state index >= 15 is 0 Å². The summed E-state index contributed by atoms with van der Waals surface area (Å²) in [5.41, 5.74) is 1.46.